The summed E-state index contributed by atoms with van der Waals surface area (Å²) in [5.41, 5.74) is 0.569. The first-order valence-electron chi connectivity index (χ1n) is 6.28. The number of anilines is 1. The van der Waals surface area contributed by atoms with Crippen LogP contribution in [0.25, 0.3) is 0 Å². The summed E-state index contributed by atoms with van der Waals surface area (Å²) in [5, 5.41) is 9.31. The molecule has 1 aromatic carbocycles. The van der Waals surface area contributed by atoms with Gasteiger partial charge < -0.3 is 10.0 Å². The summed E-state index contributed by atoms with van der Waals surface area (Å²) in [6, 6.07) is 4.60. The van der Waals surface area contributed by atoms with Gasteiger partial charge in [0.05, 0.1) is 16.1 Å². The summed E-state index contributed by atoms with van der Waals surface area (Å²) in [5.74, 6) is -1.12. The maximum atomic E-state index is 12.1. The molecule has 0 amide bonds. The lowest BCUT2D eigenvalue weighted by atomic mass is 10.1. The Hall–Kier alpha value is -1.60. The van der Waals surface area contributed by atoms with E-state index in [2.05, 4.69) is 0 Å². The van der Waals surface area contributed by atoms with Crippen LogP contribution >= 0.6 is 0 Å². The van der Waals surface area contributed by atoms with Crippen LogP contribution in [0, 0.1) is 0 Å². The number of sulfonamides is 1. The van der Waals surface area contributed by atoms with E-state index in [1.807, 2.05) is 11.9 Å². The molecule has 1 saturated carbocycles. The molecule has 0 spiro atoms. The highest BCUT2D eigenvalue weighted by Crippen LogP contribution is 2.33. The molecule has 2 rings (SSSR count). The van der Waals surface area contributed by atoms with E-state index >= 15 is 0 Å². The van der Waals surface area contributed by atoms with Gasteiger partial charge in [0.25, 0.3) is 0 Å². The molecule has 0 bridgehead atoms. The van der Waals surface area contributed by atoms with Crippen LogP contribution in [0.4, 0.5) is 5.69 Å². The van der Waals surface area contributed by atoms with Crippen LogP contribution in [0.2, 0.25) is 0 Å². The average molecular weight is 298 g/mol. The minimum absolute atomic E-state index is 0.00662. The molecule has 110 valence electrons. The summed E-state index contributed by atoms with van der Waals surface area (Å²) in [6.07, 6.45) is 2.07. The first-order valence-corrected chi connectivity index (χ1v) is 7.72. The van der Waals surface area contributed by atoms with E-state index < -0.39 is 16.0 Å². The molecule has 0 saturated heterocycles. The zero-order valence-corrected chi connectivity index (χ0v) is 12.5. The van der Waals surface area contributed by atoms with Gasteiger partial charge in [0.1, 0.15) is 0 Å². The Morgan fingerprint density at radius 2 is 1.85 bits per heavy atom. The van der Waals surface area contributed by atoms with Gasteiger partial charge in [0, 0.05) is 27.2 Å². The lowest BCUT2D eigenvalue weighted by Crippen LogP contribution is -2.25. The molecule has 0 heterocycles. The molecule has 7 heteroatoms. The second-order valence-corrected chi connectivity index (χ2v) is 7.27. The molecule has 0 aliphatic heterocycles. The number of carboxylic acid groups (broad SMARTS) is 1. The topological polar surface area (TPSA) is 77.9 Å². The third kappa shape index (κ3) is 2.64. The first-order chi connectivity index (χ1) is 9.25. The van der Waals surface area contributed by atoms with Gasteiger partial charge in [-0.25, -0.2) is 17.5 Å². The van der Waals surface area contributed by atoms with Crippen molar-refractivity contribution in [3.05, 3.63) is 23.8 Å². The maximum absolute atomic E-state index is 12.1. The lowest BCUT2D eigenvalue weighted by molar-refractivity contribution is 0.0697. The van der Waals surface area contributed by atoms with Crippen molar-refractivity contribution in [1.82, 2.24) is 4.31 Å². The smallest absolute Gasteiger partial charge is 0.337 e. The molecule has 0 atom stereocenters. The fourth-order valence-electron chi connectivity index (χ4n) is 2.02. The molecule has 20 heavy (non-hydrogen) atoms. The molecule has 0 unspecified atom stereocenters. The van der Waals surface area contributed by atoms with Gasteiger partial charge in [-0.15, -0.1) is 0 Å². The number of hydrogen-bond donors (Lipinski definition) is 1. The normalized spacial score (nSPS) is 15.4. The van der Waals surface area contributed by atoms with Crippen LogP contribution in [0.3, 0.4) is 0 Å². The summed E-state index contributed by atoms with van der Waals surface area (Å²) >= 11 is 0. The Kier molecular flexibility index (Phi) is 3.75. The van der Waals surface area contributed by atoms with Crippen LogP contribution < -0.4 is 4.90 Å². The zero-order chi connectivity index (χ0) is 15.1. The van der Waals surface area contributed by atoms with E-state index in [1.165, 1.54) is 26.2 Å². The largest absolute Gasteiger partial charge is 0.478 e. The Labute approximate surface area is 118 Å². The SMILES string of the molecule is CN(c1ccc(S(=O)(=O)N(C)C)cc1C(=O)O)C1CC1. The predicted octanol–water partition coefficient (Wildman–Crippen LogP) is 1.23. The quantitative estimate of drug-likeness (QED) is 0.884. The van der Waals surface area contributed by atoms with E-state index in [0.29, 0.717) is 11.7 Å². The number of hydrogen-bond acceptors (Lipinski definition) is 4. The van der Waals surface area contributed by atoms with Gasteiger partial charge >= 0.3 is 5.97 Å². The third-order valence-electron chi connectivity index (χ3n) is 3.45. The number of carboxylic acids is 1. The molecule has 1 N–H and O–H groups in total. The van der Waals surface area contributed by atoms with Crippen molar-refractivity contribution in [3.8, 4) is 0 Å². The Bertz CT molecular complexity index is 636. The van der Waals surface area contributed by atoms with E-state index in [1.54, 1.807) is 6.07 Å². The number of rotatable bonds is 5. The molecule has 6 nitrogen and oxygen atoms in total. The monoisotopic (exact) mass is 298 g/mol. The van der Waals surface area contributed by atoms with Crippen LogP contribution in [0.5, 0.6) is 0 Å². The van der Waals surface area contributed by atoms with Crippen molar-refractivity contribution in [2.75, 3.05) is 26.0 Å². The Balaban J connectivity index is 2.50. The highest BCUT2D eigenvalue weighted by Gasteiger charge is 2.30. The van der Waals surface area contributed by atoms with Gasteiger partial charge in [-0.1, -0.05) is 0 Å². The van der Waals surface area contributed by atoms with Crippen LogP contribution in [-0.4, -0.2) is 51.0 Å². The maximum Gasteiger partial charge on any atom is 0.337 e. The molecular weight excluding hydrogens is 280 g/mol. The highest BCUT2D eigenvalue weighted by atomic mass is 32.2. The standard InChI is InChI=1S/C13H18N2O4S/c1-14(2)20(18,19)10-6-7-12(11(8-10)13(16)17)15(3)9-4-5-9/h6-9H,4-5H2,1-3H3,(H,16,17). The van der Waals surface area contributed by atoms with E-state index in [4.69, 9.17) is 0 Å². The van der Waals surface area contributed by atoms with Crippen molar-refractivity contribution < 1.29 is 18.3 Å². The first kappa shape index (κ1) is 14.8. The predicted molar refractivity (Wildman–Crippen MR) is 75.7 cm³/mol. The fourth-order valence-corrected chi connectivity index (χ4v) is 2.95. The van der Waals surface area contributed by atoms with Crippen molar-refractivity contribution in [1.29, 1.82) is 0 Å². The average Bonchev–Trinajstić information content (AvgIpc) is 3.21. The molecule has 1 aromatic rings. The fraction of sp³-hybridized carbons (Fsp3) is 0.462. The minimum Gasteiger partial charge on any atom is -0.478 e. The van der Waals surface area contributed by atoms with Crippen molar-refractivity contribution >= 4 is 21.7 Å². The Morgan fingerprint density at radius 3 is 2.30 bits per heavy atom. The molecular formula is C13H18N2O4S. The highest BCUT2D eigenvalue weighted by molar-refractivity contribution is 7.89. The van der Waals surface area contributed by atoms with E-state index in [-0.39, 0.29) is 10.5 Å². The van der Waals surface area contributed by atoms with Gasteiger partial charge in [-0.2, -0.15) is 0 Å². The van der Waals surface area contributed by atoms with Gasteiger partial charge in [-0.05, 0) is 31.0 Å². The van der Waals surface area contributed by atoms with Crippen LogP contribution in [0.1, 0.15) is 23.2 Å². The number of carbonyl (C=O) groups is 1. The van der Waals surface area contributed by atoms with E-state index in [0.717, 1.165) is 17.1 Å². The van der Waals surface area contributed by atoms with Crippen LogP contribution in [0.15, 0.2) is 23.1 Å². The van der Waals surface area contributed by atoms with Gasteiger partial charge in [0.15, 0.2) is 0 Å². The molecule has 1 aliphatic carbocycles. The summed E-state index contributed by atoms with van der Waals surface area (Å²) < 4.78 is 25.2. The number of nitrogens with zero attached hydrogens (tertiary/aromatic N) is 2. The van der Waals surface area contributed by atoms with E-state index in [9.17, 15) is 18.3 Å². The Morgan fingerprint density at radius 1 is 1.25 bits per heavy atom. The minimum atomic E-state index is -3.63. The third-order valence-corrected chi connectivity index (χ3v) is 5.26. The number of aromatic carboxylic acids is 1. The molecule has 0 radical (unpaired) electrons. The van der Waals surface area contributed by atoms with Gasteiger partial charge in [0.2, 0.25) is 10.0 Å². The lowest BCUT2D eigenvalue weighted by Gasteiger charge is -2.21. The summed E-state index contributed by atoms with van der Waals surface area (Å²) in [7, 11) is 1.04. The summed E-state index contributed by atoms with van der Waals surface area (Å²) in [6.45, 7) is 0. The second-order valence-electron chi connectivity index (χ2n) is 5.11. The van der Waals surface area contributed by atoms with Crippen molar-refractivity contribution in [3.63, 3.8) is 0 Å². The molecule has 1 fully saturated rings. The van der Waals surface area contributed by atoms with Crippen molar-refractivity contribution in [2.45, 2.75) is 23.8 Å². The summed E-state index contributed by atoms with van der Waals surface area (Å²) in [4.78, 5) is 13.3. The second kappa shape index (κ2) is 5.06. The van der Waals surface area contributed by atoms with Gasteiger partial charge in [-0.3, -0.25) is 0 Å². The number of benzene rings is 1. The van der Waals surface area contributed by atoms with Crippen LogP contribution in [-0.2, 0) is 10.0 Å². The van der Waals surface area contributed by atoms with Crippen molar-refractivity contribution in [2.24, 2.45) is 0 Å². The molecule has 0 aromatic heterocycles. The zero-order valence-electron chi connectivity index (χ0n) is 11.7. The molecule has 1 aliphatic rings.